The molecule has 0 radical (unpaired) electrons. The quantitative estimate of drug-likeness (QED) is 0.359. The zero-order valence-electron chi connectivity index (χ0n) is 19.6. The summed E-state index contributed by atoms with van der Waals surface area (Å²) in [5.74, 6) is 0.602. The number of fused-ring (bicyclic) bond motifs is 1. The number of aryl methyl sites for hydroxylation is 1. The van der Waals surface area contributed by atoms with Crippen molar-refractivity contribution in [1.29, 1.82) is 0 Å². The minimum Gasteiger partial charge on any atom is -0.369 e. The van der Waals surface area contributed by atoms with Gasteiger partial charge in [0.25, 0.3) is 5.56 Å². The van der Waals surface area contributed by atoms with Crippen LogP contribution in [0.3, 0.4) is 0 Å². The van der Waals surface area contributed by atoms with Crippen LogP contribution in [0.2, 0.25) is 5.02 Å². The summed E-state index contributed by atoms with van der Waals surface area (Å²) >= 11 is 12.0. The molecule has 1 saturated heterocycles. The van der Waals surface area contributed by atoms with Gasteiger partial charge in [-0.05, 0) is 62.4 Å². The third-order valence-electron chi connectivity index (χ3n) is 6.41. The minimum absolute atomic E-state index is 0.136. The van der Waals surface area contributed by atoms with E-state index in [9.17, 15) is 4.79 Å². The van der Waals surface area contributed by atoms with Gasteiger partial charge in [-0.25, -0.2) is 9.97 Å². The Hall–Kier alpha value is -3.07. The van der Waals surface area contributed by atoms with Gasteiger partial charge >= 0.3 is 0 Å². The molecular formula is C26H27ClN6OS. The molecule has 7 nitrogen and oxygen atoms in total. The summed E-state index contributed by atoms with van der Waals surface area (Å²) in [6.07, 6.45) is 2.44. The summed E-state index contributed by atoms with van der Waals surface area (Å²) in [6.45, 7) is 7.10. The van der Waals surface area contributed by atoms with Gasteiger partial charge in [0.05, 0.1) is 0 Å². The third kappa shape index (κ3) is 5.00. The fourth-order valence-electron chi connectivity index (χ4n) is 4.58. The van der Waals surface area contributed by atoms with Crippen LogP contribution in [0.25, 0.3) is 16.7 Å². The highest BCUT2D eigenvalue weighted by Crippen LogP contribution is 2.21. The van der Waals surface area contributed by atoms with E-state index >= 15 is 0 Å². The Morgan fingerprint density at radius 3 is 2.46 bits per heavy atom. The van der Waals surface area contributed by atoms with Crippen molar-refractivity contribution < 1.29 is 0 Å². The van der Waals surface area contributed by atoms with Crippen molar-refractivity contribution in [1.82, 2.24) is 24.0 Å². The third-order valence-corrected chi connectivity index (χ3v) is 7.05. The van der Waals surface area contributed by atoms with Crippen molar-refractivity contribution in [3.05, 3.63) is 86.8 Å². The molecule has 0 N–H and O–H groups in total. The summed E-state index contributed by atoms with van der Waals surface area (Å²) < 4.78 is 4.02. The summed E-state index contributed by atoms with van der Waals surface area (Å²) in [6, 6.07) is 17.8. The van der Waals surface area contributed by atoms with Crippen LogP contribution in [0, 0.1) is 11.7 Å². The molecule has 4 aromatic rings. The van der Waals surface area contributed by atoms with Gasteiger partial charge < -0.3 is 4.90 Å². The largest absolute Gasteiger partial charge is 0.369 e. The summed E-state index contributed by atoms with van der Waals surface area (Å²) in [7, 11) is 0. The van der Waals surface area contributed by atoms with E-state index in [4.69, 9.17) is 23.8 Å². The predicted molar refractivity (Wildman–Crippen MR) is 143 cm³/mol. The van der Waals surface area contributed by atoms with Crippen molar-refractivity contribution in [2.45, 2.75) is 19.9 Å². The maximum absolute atomic E-state index is 13.3. The fourth-order valence-corrected chi connectivity index (χ4v) is 5.14. The zero-order valence-corrected chi connectivity index (χ0v) is 21.2. The first-order valence-corrected chi connectivity index (χ1v) is 12.6. The van der Waals surface area contributed by atoms with E-state index in [1.54, 1.807) is 10.8 Å². The number of hydrogen-bond acceptors (Lipinski definition) is 6. The Morgan fingerprint density at radius 1 is 0.971 bits per heavy atom. The smallest absolute Gasteiger partial charge is 0.265 e. The molecule has 0 saturated carbocycles. The van der Waals surface area contributed by atoms with E-state index in [1.165, 1.54) is 5.69 Å². The number of halogens is 1. The number of hydrogen-bond donors (Lipinski definition) is 0. The lowest BCUT2D eigenvalue weighted by atomic mass is 10.2. The van der Waals surface area contributed by atoms with Gasteiger partial charge in [-0.15, -0.1) is 0 Å². The van der Waals surface area contributed by atoms with E-state index in [-0.39, 0.29) is 5.56 Å². The molecule has 9 heteroatoms. The van der Waals surface area contributed by atoms with E-state index in [1.807, 2.05) is 60.0 Å². The Bertz CT molecular complexity index is 1460. The molecule has 35 heavy (non-hydrogen) atoms. The predicted octanol–water partition coefficient (Wildman–Crippen LogP) is 4.49. The van der Waals surface area contributed by atoms with Gasteiger partial charge in [0.1, 0.15) is 11.2 Å². The van der Waals surface area contributed by atoms with Gasteiger partial charge in [-0.2, -0.15) is 0 Å². The molecule has 1 aliphatic heterocycles. The monoisotopic (exact) mass is 506 g/mol. The second-order valence-corrected chi connectivity index (χ2v) is 9.53. The first-order chi connectivity index (χ1) is 17.0. The molecule has 1 fully saturated rings. The van der Waals surface area contributed by atoms with Crippen molar-refractivity contribution in [2.75, 3.05) is 37.6 Å². The van der Waals surface area contributed by atoms with Gasteiger partial charge in [0, 0.05) is 55.3 Å². The van der Waals surface area contributed by atoms with Gasteiger partial charge in [0.15, 0.2) is 10.4 Å². The Balaban J connectivity index is 1.33. The van der Waals surface area contributed by atoms with Gasteiger partial charge in [-0.3, -0.25) is 18.8 Å². The molecule has 180 valence electrons. The van der Waals surface area contributed by atoms with Crippen LogP contribution in [-0.2, 0) is 6.54 Å². The second-order valence-electron chi connectivity index (χ2n) is 8.73. The van der Waals surface area contributed by atoms with Crippen molar-refractivity contribution in [3.63, 3.8) is 0 Å². The van der Waals surface area contributed by atoms with Crippen molar-refractivity contribution >= 4 is 40.5 Å². The standard InChI is InChI=1S/C26H27ClN6OS/c1-19-28-18-23-24(29-19)33(21-8-3-2-4-9-21)26(35)32(25(23)34)12-6-11-30-13-15-31(16-14-30)22-10-5-7-20(27)17-22/h2-5,7-10,17-18H,6,11-16H2,1H3. The highest BCUT2D eigenvalue weighted by atomic mass is 35.5. The maximum atomic E-state index is 13.3. The molecule has 0 spiro atoms. The van der Waals surface area contributed by atoms with Crippen LogP contribution in [0.4, 0.5) is 5.69 Å². The topological polar surface area (TPSA) is 59.2 Å². The first kappa shape index (κ1) is 23.7. The maximum Gasteiger partial charge on any atom is 0.265 e. The number of anilines is 1. The summed E-state index contributed by atoms with van der Waals surface area (Å²) in [4.78, 5) is 27.0. The fraction of sp³-hybridized carbons (Fsp3) is 0.308. The Morgan fingerprint density at radius 2 is 1.71 bits per heavy atom. The van der Waals surface area contributed by atoms with E-state index in [0.29, 0.717) is 28.2 Å². The number of benzene rings is 2. The van der Waals surface area contributed by atoms with Crippen LogP contribution in [-0.4, -0.2) is 56.7 Å². The molecule has 0 aliphatic carbocycles. The Labute approximate surface area is 214 Å². The molecule has 0 unspecified atom stereocenters. The highest BCUT2D eigenvalue weighted by molar-refractivity contribution is 7.71. The Kier molecular flexibility index (Phi) is 6.95. The second kappa shape index (κ2) is 10.3. The molecule has 0 bridgehead atoms. The first-order valence-electron chi connectivity index (χ1n) is 11.8. The van der Waals surface area contributed by atoms with Crippen molar-refractivity contribution in [3.8, 4) is 5.69 Å². The highest BCUT2D eigenvalue weighted by Gasteiger charge is 2.18. The number of nitrogens with zero attached hydrogens (tertiary/aromatic N) is 6. The van der Waals surface area contributed by atoms with Gasteiger partial charge in [-0.1, -0.05) is 35.9 Å². The number of rotatable bonds is 6. The van der Waals surface area contributed by atoms with Crippen LogP contribution < -0.4 is 10.5 Å². The van der Waals surface area contributed by atoms with Crippen LogP contribution >= 0.6 is 23.8 Å². The average Bonchev–Trinajstić information content (AvgIpc) is 2.87. The molecule has 5 rings (SSSR count). The minimum atomic E-state index is -0.136. The van der Waals surface area contributed by atoms with Crippen LogP contribution in [0.15, 0.2) is 65.6 Å². The lowest BCUT2D eigenvalue weighted by Crippen LogP contribution is -2.46. The van der Waals surface area contributed by atoms with Crippen molar-refractivity contribution in [2.24, 2.45) is 0 Å². The molecule has 1 aliphatic rings. The summed E-state index contributed by atoms with van der Waals surface area (Å²) in [5.41, 5.74) is 2.46. The summed E-state index contributed by atoms with van der Waals surface area (Å²) in [5, 5.41) is 1.24. The molecule has 0 amide bonds. The van der Waals surface area contributed by atoms with E-state index in [2.05, 4.69) is 25.8 Å². The SMILES string of the molecule is Cc1ncc2c(=O)n(CCCN3CCN(c4cccc(Cl)c4)CC3)c(=S)n(-c3ccccc3)c2n1. The molecular weight excluding hydrogens is 480 g/mol. The normalized spacial score (nSPS) is 14.5. The van der Waals surface area contributed by atoms with E-state index < -0.39 is 0 Å². The average molecular weight is 507 g/mol. The lowest BCUT2D eigenvalue weighted by molar-refractivity contribution is 0.250. The zero-order chi connectivity index (χ0) is 24.4. The van der Waals surface area contributed by atoms with Crippen LogP contribution in [0.1, 0.15) is 12.2 Å². The molecule has 2 aromatic carbocycles. The van der Waals surface area contributed by atoms with E-state index in [0.717, 1.165) is 49.9 Å². The number of aromatic nitrogens is 4. The van der Waals surface area contributed by atoms with Gasteiger partial charge in [0.2, 0.25) is 0 Å². The lowest BCUT2D eigenvalue weighted by Gasteiger charge is -2.36. The number of piperazine rings is 1. The molecule has 0 atom stereocenters. The molecule has 2 aromatic heterocycles. The molecule has 3 heterocycles. The number of para-hydroxylation sites is 1. The van der Waals surface area contributed by atoms with Crippen LogP contribution in [0.5, 0.6) is 0 Å².